The summed E-state index contributed by atoms with van der Waals surface area (Å²) in [5.74, 6) is -2.22. The highest BCUT2D eigenvalue weighted by molar-refractivity contribution is 7.14. The van der Waals surface area contributed by atoms with Crippen LogP contribution in [-0.2, 0) is 57.8 Å². The third-order valence-electron chi connectivity index (χ3n) is 10.4. The second-order valence-corrected chi connectivity index (χ2v) is 20.5. The van der Waals surface area contributed by atoms with Crippen LogP contribution >= 0.6 is 11.3 Å². The van der Waals surface area contributed by atoms with E-state index in [0.717, 1.165) is 27.3 Å². The summed E-state index contributed by atoms with van der Waals surface area (Å²) in [5.41, 5.74) is 5.81. The van der Waals surface area contributed by atoms with E-state index in [2.05, 4.69) is 46.3 Å². The molecule has 23 nitrogen and oxygen atoms in total. The predicted molar refractivity (Wildman–Crippen MR) is 256 cm³/mol. The zero-order valence-electron chi connectivity index (χ0n) is 41.0. The number of azide groups is 1. The van der Waals surface area contributed by atoms with Crippen LogP contribution in [0.2, 0.25) is 0 Å². The number of hydrogen-bond acceptors (Lipinski definition) is 17. The van der Waals surface area contributed by atoms with Crippen LogP contribution in [0.15, 0.2) is 76.3 Å². The zero-order chi connectivity index (χ0) is 51.7. The molecule has 2 fully saturated rings. The molecular weight excluding hydrogens is 941 g/mol. The molecule has 378 valence electrons. The number of carbonyl (C=O) groups excluding carboxylic acids is 6. The fourth-order valence-electron chi connectivity index (χ4n) is 7.22. The number of aromatic nitrogens is 4. The summed E-state index contributed by atoms with van der Waals surface area (Å²) in [6.07, 6.45) is -2.05. The minimum Gasteiger partial charge on any atom is -0.450 e. The van der Waals surface area contributed by atoms with Crippen LogP contribution in [0.1, 0.15) is 122 Å². The van der Waals surface area contributed by atoms with Gasteiger partial charge in [-0.3, -0.25) is 14.9 Å². The van der Waals surface area contributed by atoms with Gasteiger partial charge in [0.1, 0.15) is 34.2 Å². The Balaban J connectivity index is 1.27. The van der Waals surface area contributed by atoms with Crippen LogP contribution in [0.25, 0.3) is 10.4 Å². The molecular formula is C47H58N12O11S. The first-order valence-corrected chi connectivity index (χ1v) is 23.6. The van der Waals surface area contributed by atoms with Crippen molar-refractivity contribution < 1.29 is 52.6 Å². The molecule has 1 aliphatic heterocycles. The summed E-state index contributed by atoms with van der Waals surface area (Å²) in [7, 11) is 0. The molecule has 71 heavy (non-hydrogen) atoms. The minimum absolute atomic E-state index is 0.0458. The van der Waals surface area contributed by atoms with Gasteiger partial charge in [0.05, 0.1) is 31.4 Å². The van der Waals surface area contributed by atoms with Gasteiger partial charge in [-0.2, -0.15) is 15.0 Å². The summed E-state index contributed by atoms with van der Waals surface area (Å²) in [6.45, 7) is 13.8. The Morgan fingerprint density at radius 2 is 1.44 bits per heavy atom. The van der Waals surface area contributed by atoms with E-state index >= 15 is 0 Å². The van der Waals surface area contributed by atoms with E-state index in [0.29, 0.717) is 17.7 Å². The highest BCUT2D eigenvalue weighted by Crippen LogP contribution is 2.38. The van der Waals surface area contributed by atoms with E-state index in [1.807, 2.05) is 60.7 Å². The lowest BCUT2D eigenvalue weighted by Gasteiger charge is -2.36. The number of carbonyl (C=O) groups is 6. The number of ether oxygens (including phenoxy) is 4. The fraction of sp³-hybridized carbons (Fsp3) is 0.489. The second-order valence-electron chi connectivity index (χ2n) is 19.7. The van der Waals surface area contributed by atoms with Crippen molar-refractivity contribution in [1.82, 2.24) is 35.5 Å². The van der Waals surface area contributed by atoms with Gasteiger partial charge in [-0.05, 0) is 91.8 Å². The topological polar surface area (TPSA) is 293 Å². The average molecular weight is 999 g/mol. The second kappa shape index (κ2) is 22.0. The minimum atomic E-state index is -1.61. The lowest BCUT2D eigenvalue weighted by molar-refractivity contribution is -0.176. The molecule has 0 unspecified atom stereocenters. The molecule has 1 aliphatic carbocycles. The highest BCUT2D eigenvalue weighted by atomic mass is 32.1. The van der Waals surface area contributed by atoms with Crippen molar-refractivity contribution in [2.75, 3.05) is 5.32 Å². The number of thiazole rings is 1. The number of β-lactam (4-membered cyclic amide) rings is 1. The number of benzene rings is 2. The molecule has 4 aromatic rings. The van der Waals surface area contributed by atoms with Gasteiger partial charge in [-0.1, -0.05) is 70.9 Å². The number of oxime groups is 1. The Bertz CT molecular complexity index is 2590. The smallest absolute Gasteiger partial charge is 0.420 e. The van der Waals surface area contributed by atoms with Gasteiger partial charge >= 0.3 is 24.2 Å². The van der Waals surface area contributed by atoms with E-state index in [1.54, 1.807) is 62.3 Å². The maximum Gasteiger partial charge on any atom is 0.420 e. The first kappa shape index (κ1) is 52.8. The third-order valence-corrected chi connectivity index (χ3v) is 11.1. The molecule has 0 bridgehead atoms. The summed E-state index contributed by atoms with van der Waals surface area (Å²) >= 11 is 0.958. The van der Waals surface area contributed by atoms with Crippen molar-refractivity contribution >= 4 is 58.2 Å². The van der Waals surface area contributed by atoms with Crippen molar-refractivity contribution in [3.63, 3.8) is 0 Å². The number of amides is 5. The number of hydrogen-bond donors (Lipinski definition) is 3. The molecule has 1 saturated carbocycles. The molecule has 6 rings (SSSR count). The molecule has 2 atom stereocenters. The Morgan fingerprint density at radius 1 is 0.873 bits per heavy atom. The van der Waals surface area contributed by atoms with Crippen molar-refractivity contribution in [1.29, 1.82) is 0 Å². The maximum atomic E-state index is 14.4. The van der Waals surface area contributed by atoms with Crippen LogP contribution in [0, 0.1) is 0 Å². The SMILES string of the molecule is CC(C)(C)OC(=O)Nc1nc(/C(=N/OC2(C(=O)OC(c3ccccc3)c3ccccc3)CCCC2)C(=O)N[C@@H]2C(=O)N[C@@H]2Cn2nc(CN=[N+]=[N-])c(CN(C(=O)OC(C)(C)C)C(=O)OC(C)(C)C)n2)cs1. The van der Waals surface area contributed by atoms with Gasteiger partial charge in [-0.25, -0.2) is 29.1 Å². The zero-order valence-corrected chi connectivity index (χ0v) is 41.8. The van der Waals surface area contributed by atoms with Crippen molar-refractivity contribution in [2.24, 2.45) is 10.3 Å². The van der Waals surface area contributed by atoms with Gasteiger partial charge in [0, 0.05) is 23.1 Å². The average Bonchev–Trinajstić information content (AvgIpc) is 4.05. The van der Waals surface area contributed by atoms with Crippen molar-refractivity contribution in [3.05, 3.63) is 105 Å². The van der Waals surface area contributed by atoms with Crippen molar-refractivity contribution in [3.8, 4) is 0 Å². The normalized spacial score (nSPS) is 16.6. The summed E-state index contributed by atoms with van der Waals surface area (Å²) in [4.78, 5) is 96.5. The quantitative estimate of drug-likeness (QED) is 0.0142. The van der Waals surface area contributed by atoms with E-state index in [1.165, 1.54) is 5.38 Å². The number of nitrogens with zero attached hydrogens (tertiary/aromatic N) is 9. The molecule has 3 heterocycles. The molecule has 0 radical (unpaired) electrons. The van der Waals surface area contributed by atoms with Crippen LogP contribution in [-0.4, -0.2) is 101 Å². The van der Waals surface area contributed by atoms with Crippen LogP contribution in [0.5, 0.6) is 0 Å². The lowest BCUT2D eigenvalue weighted by atomic mass is 9.98. The molecule has 2 aliphatic rings. The van der Waals surface area contributed by atoms with E-state index in [4.69, 9.17) is 29.3 Å². The number of anilines is 1. The van der Waals surface area contributed by atoms with E-state index in [-0.39, 0.29) is 48.1 Å². The standard InChI is InChI=1S/C47H58N12O11S/c1-44(2,3)67-41(63)53-40-51-33(27-71-40)35(56-70-47(22-16-17-23-47)39(62)66-36(28-18-12-10-13-19-28)29-20-14-11-15-21-29)38(61)52-34-32(50-37(34)60)26-59-54-30(24-49-57-48)31(55-59)25-58(42(64)68-45(4,5)6)43(65)69-46(7,8)9/h10-15,18-21,27,32,34,36H,16-17,22-26H2,1-9H3,(H,50,60)(H,52,61)(H,51,53,63)/b56-35-/t32-,34+/m1/s1. The first-order valence-electron chi connectivity index (χ1n) is 22.7. The number of imide groups is 1. The van der Waals surface area contributed by atoms with Gasteiger partial charge in [-0.15, -0.1) is 11.3 Å². The Kier molecular flexibility index (Phi) is 16.4. The van der Waals surface area contributed by atoms with Crippen LogP contribution in [0.3, 0.4) is 0 Å². The maximum absolute atomic E-state index is 14.4. The predicted octanol–water partition coefficient (Wildman–Crippen LogP) is 7.61. The molecule has 0 spiro atoms. The van der Waals surface area contributed by atoms with Crippen molar-refractivity contribution in [2.45, 2.75) is 148 Å². The van der Waals surface area contributed by atoms with Crippen LogP contribution in [0.4, 0.5) is 19.5 Å². The highest BCUT2D eigenvalue weighted by Gasteiger charge is 2.48. The van der Waals surface area contributed by atoms with Gasteiger partial charge in [0.25, 0.3) is 5.91 Å². The monoisotopic (exact) mass is 998 g/mol. The number of rotatable bonds is 16. The number of esters is 1. The largest absolute Gasteiger partial charge is 0.450 e. The molecule has 1 saturated heterocycles. The molecule has 5 amide bonds. The first-order chi connectivity index (χ1) is 33.4. The van der Waals surface area contributed by atoms with Crippen LogP contribution < -0.4 is 16.0 Å². The summed E-state index contributed by atoms with van der Waals surface area (Å²) < 4.78 is 22.6. The summed E-state index contributed by atoms with van der Waals surface area (Å²) in [6, 6.07) is 16.4. The Labute approximate surface area is 413 Å². The molecule has 2 aromatic heterocycles. The lowest BCUT2D eigenvalue weighted by Crippen LogP contribution is -2.70. The molecule has 3 N–H and O–H groups in total. The van der Waals surface area contributed by atoms with E-state index < -0.39 is 88.9 Å². The molecule has 24 heteroatoms. The van der Waals surface area contributed by atoms with Gasteiger partial charge < -0.3 is 34.4 Å². The van der Waals surface area contributed by atoms with E-state index in [9.17, 15) is 28.8 Å². The number of nitrogens with one attached hydrogen (secondary N) is 3. The Morgan fingerprint density at radius 3 is 1.97 bits per heavy atom. The summed E-state index contributed by atoms with van der Waals surface area (Å²) in [5, 5.41) is 26.2. The Hall–Kier alpha value is -7.59. The van der Waals surface area contributed by atoms with Gasteiger partial charge in [0.2, 0.25) is 11.5 Å². The van der Waals surface area contributed by atoms with Gasteiger partial charge in [0.15, 0.2) is 16.9 Å². The third kappa shape index (κ3) is 14.5. The fourth-order valence-corrected chi connectivity index (χ4v) is 7.90. The molecule has 2 aromatic carbocycles.